The molecule has 8 heteroatoms. The number of amides is 1. The Bertz CT molecular complexity index is 1180. The maximum atomic E-state index is 13.1. The van der Waals surface area contributed by atoms with Gasteiger partial charge in [0.05, 0.1) is 16.1 Å². The summed E-state index contributed by atoms with van der Waals surface area (Å²) in [5.74, 6) is -0.0623. The number of sulfone groups is 1. The van der Waals surface area contributed by atoms with E-state index in [4.69, 9.17) is 0 Å². The molecular formula is C21H22N4O3S. The van der Waals surface area contributed by atoms with Crippen LogP contribution in [0.4, 0.5) is 11.4 Å². The number of aromatic nitrogens is 2. The van der Waals surface area contributed by atoms with Gasteiger partial charge in [-0.05, 0) is 56.2 Å². The number of rotatable bonds is 4. The van der Waals surface area contributed by atoms with Crippen molar-refractivity contribution in [1.29, 1.82) is 0 Å². The number of hydrogen-bond acceptors (Lipinski definition) is 6. The summed E-state index contributed by atoms with van der Waals surface area (Å²) in [7, 11) is -3.27. The summed E-state index contributed by atoms with van der Waals surface area (Å²) >= 11 is 0. The summed E-state index contributed by atoms with van der Waals surface area (Å²) in [6.45, 7) is 3.37. The number of likely N-dealkylation sites (tertiary alicyclic amines) is 1. The van der Waals surface area contributed by atoms with Crippen molar-refractivity contribution in [2.24, 2.45) is 0 Å². The average Bonchev–Trinajstić information content (AvgIpc) is 3.22. The van der Waals surface area contributed by atoms with Gasteiger partial charge in [0, 0.05) is 42.3 Å². The molecule has 1 saturated heterocycles. The zero-order valence-electron chi connectivity index (χ0n) is 16.3. The molecule has 0 spiro atoms. The second-order valence-electron chi connectivity index (χ2n) is 7.29. The van der Waals surface area contributed by atoms with Crippen molar-refractivity contribution >= 4 is 38.2 Å². The van der Waals surface area contributed by atoms with Gasteiger partial charge in [-0.15, -0.1) is 0 Å². The third-order valence-corrected chi connectivity index (χ3v) is 6.17. The SMILES string of the molecule is Cc1ccc2c(Nc3ccc(S(C)(=O)=O)cc3)c(C(=O)N3CCCC3)cnc2n1. The molecule has 1 aliphatic heterocycles. The van der Waals surface area contributed by atoms with Gasteiger partial charge in [-0.2, -0.15) is 0 Å². The molecular weight excluding hydrogens is 388 g/mol. The molecule has 1 amide bonds. The van der Waals surface area contributed by atoms with E-state index in [1.165, 1.54) is 6.26 Å². The topological polar surface area (TPSA) is 92.3 Å². The third kappa shape index (κ3) is 3.93. The second kappa shape index (κ2) is 7.44. The zero-order valence-corrected chi connectivity index (χ0v) is 17.2. The fourth-order valence-electron chi connectivity index (χ4n) is 3.49. The summed E-state index contributed by atoms with van der Waals surface area (Å²) in [6.07, 6.45) is 4.75. The van der Waals surface area contributed by atoms with E-state index >= 15 is 0 Å². The van der Waals surface area contributed by atoms with Gasteiger partial charge in [0.2, 0.25) is 0 Å². The first-order valence-corrected chi connectivity index (χ1v) is 11.3. The van der Waals surface area contributed by atoms with E-state index in [0.717, 1.165) is 37.0 Å². The monoisotopic (exact) mass is 410 g/mol. The van der Waals surface area contributed by atoms with Crippen LogP contribution in [0.15, 0.2) is 47.5 Å². The molecule has 29 heavy (non-hydrogen) atoms. The number of benzene rings is 1. The Kier molecular flexibility index (Phi) is 4.96. The molecule has 0 bridgehead atoms. The maximum Gasteiger partial charge on any atom is 0.257 e. The number of hydrogen-bond donors (Lipinski definition) is 1. The van der Waals surface area contributed by atoms with Crippen molar-refractivity contribution in [3.8, 4) is 0 Å². The normalized spacial score (nSPS) is 14.3. The van der Waals surface area contributed by atoms with E-state index < -0.39 is 9.84 Å². The number of anilines is 2. The van der Waals surface area contributed by atoms with Crippen molar-refractivity contribution in [1.82, 2.24) is 14.9 Å². The first-order chi connectivity index (χ1) is 13.8. The van der Waals surface area contributed by atoms with Gasteiger partial charge in [0.1, 0.15) is 0 Å². The highest BCUT2D eigenvalue weighted by atomic mass is 32.2. The number of pyridine rings is 2. The fourth-order valence-corrected chi connectivity index (χ4v) is 4.12. The molecule has 1 N–H and O–H groups in total. The molecule has 0 radical (unpaired) electrons. The minimum Gasteiger partial charge on any atom is -0.354 e. The molecule has 7 nitrogen and oxygen atoms in total. The molecule has 150 valence electrons. The lowest BCUT2D eigenvalue weighted by Crippen LogP contribution is -2.28. The van der Waals surface area contributed by atoms with E-state index in [9.17, 15) is 13.2 Å². The minimum atomic E-state index is -3.27. The molecule has 3 heterocycles. The molecule has 3 aromatic rings. The van der Waals surface area contributed by atoms with Gasteiger partial charge < -0.3 is 10.2 Å². The Morgan fingerprint density at radius 1 is 1.07 bits per heavy atom. The zero-order chi connectivity index (χ0) is 20.6. The van der Waals surface area contributed by atoms with Crippen molar-refractivity contribution in [2.45, 2.75) is 24.7 Å². The highest BCUT2D eigenvalue weighted by molar-refractivity contribution is 7.90. The standard InChI is InChI=1S/C21H22N4O3S/c1-14-5-10-17-19(24-15-6-8-16(9-7-15)29(2,27)28)18(13-22-20(17)23-14)21(26)25-11-3-4-12-25/h5-10,13H,3-4,11-12H2,1-2H3,(H,22,23,24). The Labute approximate surface area is 169 Å². The van der Waals surface area contributed by atoms with Crippen molar-refractivity contribution in [2.75, 3.05) is 24.7 Å². The van der Waals surface area contributed by atoms with Gasteiger partial charge in [-0.25, -0.2) is 18.4 Å². The van der Waals surface area contributed by atoms with Crippen molar-refractivity contribution in [3.05, 3.63) is 53.9 Å². The number of aryl methyl sites for hydroxylation is 1. The van der Waals surface area contributed by atoms with Gasteiger partial charge in [0.15, 0.2) is 15.5 Å². The van der Waals surface area contributed by atoms with Crippen LogP contribution in [-0.2, 0) is 9.84 Å². The molecule has 4 rings (SSSR count). The van der Waals surface area contributed by atoms with Crippen molar-refractivity contribution < 1.29 is 13.2 Å². The number of nitrogens with one attached hydrogen (secondary N) is 1. The number of carbonyl (C=O) groups excluding carboxylic acids is 1. The number of fused-ring (bicyclic) bond motifs is 1. The first kappa shape index (κ1) is 19.3. The largest absolute Gasteiger partial charge is 0.354 e. The van der Waals surface area contributed by atoms with Crippen LogP contribution in [0.3, 0.4) is 0 Å². The Morgan fingerprint density at radius 2 is 1.76 bits per heavy atom. The quantitative estimate of drug-likeness (QED) is 0.709. The van der Waals surface area contributed by atoms with Crippen LogP contribution in [0.25, 0.3) is 11.0 Å². The van der Waals surface area contributed by atoms with Crippen LogP contribution in [0.1, 0.15) is 28.9 Å². The predicted octanol–water partition coefficient (Wildman–Crippen LogP) is 3.32. The van der Waals surface area contributed by atoms with E-state index in [0.29, 0.717) is 22.6 Å². The lowest BCUT2D eigenvalue weighted by atomic mass is 10.1. The number of carbonyl (C=O) groups is 1. The lowest BCUT2D eigenvalue weighted by molar-refractivity contribution is 0.0793. The van der Waals surface area contributed by atoms with E-state index in [-0.39, 0.29) is 10.8 Å². The van der Waals surface area contributed by atoms with Crippen LogP contribution in [0.2, 0.25) is 0 Å². The van der Waals surface area contributed by atoms with Crippen molar-refractivity contribution in [3.63, 3.8) is 0 Å². The minimum absolute atomic E-state index is 0.0623. The van der Waals surface area contributed by atoms with Gasteiger partial charge in [-0.1, -0.05) is 0 Å². The lowest BCUT2D eigenvalue weighted by Gasteiger charge is -2.19. The summed E-state index contributed by atoms with van der Waals surface area (Å²) in [6, 6.07) is 10.3. The summed E-state index contributed by atoms with van der Waals surface area (Å²) in [4.78, 5) is 24.1. The Balaban J connectivity index is 1.79. The summed E-state index contributed by atoms with van der Waals surface area (Å²) in [5.41, 5.74) is 3.19. The van der Waals surface area contributed by atoms with Gasteiger partial charge in [-0.3, -0.25) is 4.79 Å². The number of nitrogens with zero attached hydrogens (tertiary/aromatic N) is 3. The van der Waals surface area contributed by atoms with Crippen LogP contribution in [-0.4, -0.2) is 48.5 Å². The molecule has 0 unspecified atom stereocenters. The fraction of sp³-hybridized carbons (Fsp3) is 0.286. The predicted molar refractivity (Wildman–Crippen MR) is 112 cm³/mol. The van der Waals surface area contributed by atoms with E-state index in [1.807, 2.05) is 24.0 Å². The van der Waals surface area contributed by atoms with Crippen LogP contribution in [0, 0.1) is 6.92 Å². The molecule has 0 saturated carbocycles. The average molecular weight is 410 g/mol. The van der Waals surface area contributed by atoms with E-state index in [2.05, 4.69) is 15.3 Å². The van der Waals surface area contributed by atoms with Crippen LogP contribution < -0.4 is 5.32 Å². The Hall–Kier alpha value is -3.00. The maximum absolute atomic E-state index is 13.1. The van der Waals surface area contributed by atoms with Crippen LogP contribution in [0.5, 0.6) is 0 Å². The van der Waals surface area contributed by atoms with Gasteiger partial charge in [0.25, 0.3) is 5.91 Å². The third-order valence-electron chi connectivity index (χ3n) is 5.04. The molecule has 1 aliphatic rings. The molecule has 0 atom stereocenters. The Morgan fingerprint density at radius 3 is 2.41 bits per heavy atom. The summed E-state index contributed by atoms with van der Waals surface area (Å²) in [5, 5.41) is 4.04. The summed E-state index contributed by atoms with van der Waals surface area (Å²) < 4.78 is 23.4. The smallest absolute Gasteiger partial charge is 0.257 e. The first-order valence-electron chi connectivity index (χ1n) is 9.46. The molecule has 0 aliphatic carbocycles. The highest BCUT2D eigenvalue weighted by Gasteiger charge is 2.24. The highest BCUT2D eigenvalue weighted by Crippen LogP contribution is 2.30. The van der Waals surface area contributed by atoms with Crippen LogP contribution >= 0.6 is 0 Å². The molecule has 1 aromatic carbocycles. The second-order valence-corrected chi connectivity index (χ2v) is 9.31. The molecule has 1 fully saturated rings. The molecule has 2 aromatic heterocycles. The van der Waals surface area contributed by atoms with Gasteiger partial charge >= 0.3 is 0 Å². The van der Waals surface area contributed by atoms with E-state index in [1.54, 1.807) is 30.5 Å².